The lowest BCUT2D eigenvalue weighted by atomic mass is 10.2. The summed E-state index contributed by atoms with van der Waals surface area (Å²) in [5.41, 5.74) is 2.21. The minimum absolute atomic E-state index is 0. The molecule has 2 unspecified atom stereocenters. The van der Waals surface area contributed by atoms with Gasteiger partial charge in [-0.1, -0.05) is 24.3 Å². The van der Waals surface area contributed by atoms with Gasteiger partial charge in [-0.15, -0.1) is 24.0 Å². The second kappa shape index (κ2) is 13.5. The van der Waals surface area contributed by atoms with Crippen LogP contribution in [0.4, 0.5) is 5.82 Å². The van der Waals surface area contributed by atoms with Crippen molar-refractivity contribution in [2.75, 3.05) is 37.7 Å². The number of anilines is 1. The van der Waals surface area contributed by atoms with Crippen molar-refractivity contribution in [2.24, 2.45) is 4.99 Å². The van der Waals surface area contributed by atoms with E-state index in [1.165, 1.54) is 0 Å². The minimum atomic E-state index is 0. The molecule has 176 valence electrons. The maximum absolute atomic E-state index is 6.05. The number of pyridine rings is 1. The van der Waals surface area contributed by atoms with Crippen molar-refractivity contribution in [3.05, 3.63) is 53.7 Å². The van der Waals surface area contributed by atoms with Gasteiger partial charge in [-0.3, -0.25) is 0 Å². The molecule has 3 rings (SSSR count). The number of para-hydroxylation sites is 1. The zero-order valence-electron chi connectivity index (χ0n) is 19.5. The predicted octanol–water partition coefficient (Wildman–Crippen LogP) is 3.76. The molecular formula is C24H36IN5O2. The van der Waals surface area contributed by atoms with Crippen molar-refractivity contribution >= 4 is 35.8 Å². The number of morpholine rings is 1. The third-order valence-electron chi connectivity index (χ3n) is 5.12. The zero-order chi connectivity index (χ0) is 22.1. The van der Waals surface area contributed by atoms with Crippen LogP contribution in [-0.2, 0) is 11.3 Å². The van der Waals surface area contributed by atoms with E-state index in [0.29, 0.717) is 13.1 Å². The summed E-state index contributed by atoms with van der Waals surface area (Å²) in [4.78, 5) is 11.6. The zero-order valence-corrected chi connectivity index (χ0v) is 21.8. The molecule has 1 saturated heterocycles. The van der Waals surface area contributed by atoms with Crippen molar-refractivity contribution in [2.45, 2.75) is 46.4 Å². The Morgan fingerprint density at radius 1 is 1.28 bits per heavy atom. The van der Waals surface area contributed by atoms with E-state index in [1.54, 1.807) is 0 Å². The summed E-state index contributed by atoms with van der Waals surface area (Å²) < 4.78 is 11.7. The SMILES string of the molecule is CCNC(=NCc1ccc(N2CCOC(C)C2)nc1)NCC(C)Oc1ccccc1C.I. The molecule has 1 fully saturated rings. The summed E-state index contributed by atoms with van der Waals surface area (Å²) in [6.45, 7) is 12.8. The van der Waals surface area contributed by atoms with Gasteiger partial charge in [0.15, 0.2) is 5.96 Å². The van der Waals surface area contributed by atoms with Gasteiger partial charge < -0.3 is 25.0 Å². The number of aromatic nitrogens is 1. The molecule has 1 aromatic carbocycles. The highest BCUT2D eigenvalue weighted by Gasteiger charge is 2.17. The Hall–Kier alpha value is -2.07. The lowest BCUT2D eigenvalue weighted by Gasteiger charge is -2.32. The largest absolute Gasteiger partial charge is 0.489 e. The number of nitrogens with zero attached hydrogens (tertiary/aromatic N) is 3. The fourth-order valence-corrected chi connectivity index (χ4v) is 3.42. The first-order valence-electron chi connectivity index (χ1n) is 11.1. The Bertz CT molecular complexity index is 847. The Labute approximate surface area is 209 Å². The molecule has 0 saturated carbocycles. The van der Waals surface area contributed by atoms with Crippen LogP contribution in [0.15, 0.2) is 47.6 Å². The lowest BCUT2D eigenvalue weighted by Crippen LogP contribution is -2.41. The van der Waals surface area contributed by atoms with Crippen LogP contribution in [0.1, 0.15) is 31.9 Å². The van der Waals surface area contributed by atoms with Gasteiger partial charge in [-0.05, 0) is 51.0 Å². The van der Waals surface area contributed by atoms with Gasteiger partial charge >= 0.3 is 0 Å². The summed E-state index contributed by atoms with van der Waals surface area (Å²) in [5, 5.41) is 6.66. The number of halogens is 1. The van der Waals surface area contributed by atoms with Crippen molar-refractivity contribution in [3.63, 3.8) is 0 Å². The maximum Gasteiger partial charge on any atom is 0.191 e. The molecule has 32 heavy (non-hydrogen) atoms. The predicted molar refractivity (Wildman–Crippen MR) is 141 cm³/mol. The Kier molecular flexibility index (Phi) is 11.0. The van der Waals surface area contributed by atoms with Crippen LogP contribution in [-0.4, -0.2) is 55.9 Å². The van der Waals surface area contributed by atoms with Gasteiger partial charge in [0, 0.05) is 25.8 Å². The molecule has 2 heterocycles. The number of hydrogen-bond acceptors (Lipinski definition) is 5. The van der Waals surface area contributed by atoms with Gasteiger partial charge in [0.05, 0.1) is 25.8 Å². The second-order valence-corrected chi connectivity index (χ2v) is 7.92. The first kappa shape index (κ1) is 26.2. The molecule has 8 heteroatoms. The van der Waals surface area contributed by atoms with Gasteiger partial charge in [-0.25, -0.2) is 9.98 Å². The third kappa shape index (κ3) is 8.12. The molecule has 2 aromatic rings. The minimum Gasteiger partial charge on any atom is -0.489 e. The normalized spacial score (nSPS) is 17.3. The second-order valence-electron chi connectivity index (χ2n) is 7.92. The standard InChI is InChI=1S/C24H35N5O2.HI/c1-5-25-24(27-14-19(3)31-22-9-7-6-8-18(22)2)28-16-21-10-11-23(26-15-21)29-12-13-30-20(4)17-29;/h6-11,15,19-20H,5,12-14,16-17H2,1-4H3,(H2,25,27,28);1H. The maximum atomic E-state index is 6.05. The molecular weight excluding hydrogens is 517 g/mol. The van der Waals surface area contributed by atoms with Gasteiger partial charge in [-0.2, -0.15) is 0 Å². The van der Waals surface area contributed by atoms with Crippen molar-refractivity contribution in [3.8, 4) is 5.75 Å². The van der Waals surface area contributed by atoms with Crippen LogP contribution in [0, 0.1) is 6.92 Å². The highest BCUT2D eigenvalue weighted by Crippen LogP contribution is 2.18. The molecule has 1 aromatic heterocycles. The fraction of sp³-hybridized carbons (Fsp3) is 0.500. The topological polar surface area (TPSA) is 71.0 Å². The molecule has 0 amide bonds. The fourth-order valence-electron chi connectivity index (χ4n) is 3.42. The number of aliphatic imine (C=N–C) groups is 1. The number of aryl methyl sites for hydroxylation is 1. The molecule has 1 aliphatic heterocycles. The number of guanidine groups is 1. The van der Waals surface area contributed by atoms with E-state index < -0.39 is 0 Å². The van der Waals surface area contributed by atoms with Crippen LogP contribution in [0.2, 0.25) is 0 Å². The summed E-state index contributed by atoms with van der Waals surface area (Å²) in [7, 11) is 0. The van der Waals surface area contributed by atoms with Crippen LogP contribution < -0.4 is 20.3 Å². The number of hydrogen-bond donors (Lipinski definition) is 2. The van der Waals surface area contributed by atoms with E-state index in [1.807, 2.05) is 24.4 Å². The summed E-state index contributed by atoms with van der Waals surface area (Å²) in [6, 6.07) is 12.2. The average molecular weight is 553 g/mol. The van der Waals surface area contributed by atoms with E-state index >= 15 is 0 Å². The van der Waals surface area contributed by atoms with E-state index in [0.717, 1.165) is 54.9 Å². The molecule has 2 atom stereocenters. The van der Waals surface area contributed by atoms with Crippen LogP contribution in [0.5, 0.6) is 5.75 Å². The number of nitrogens with one attached hydrogen (secondary N) is 2. The van der Waals surface area contributed by atoms with Crippen LogP contribution in [0.25, 0.3) is 0 Å². The highest BCUT2D eigenvalue weighted by molar-refractivity contribution is 14.0. The van der Waals surface area contributed by atoms with E-state index in [9.17, 15) is 0 Å². The lowest BCUT2D eigenvalue weighted by molar-refractivity contribution is 0.0529. The molecule has 0 aliphatic carbocycles. The monoisotopic (exact) mass is 553 g/mol. The summed E-state index contributed by atoms with van der Waals surface area (Å²) >= 11 is 0. The van der Waals surface area contributed by atoms with Crippen LogP contribution >= 0.6 is 24.0 Å². The Morgan fingerprint density at radius 3 is 2.78 bits per heavy atom. The summed E-state index contributed by atoms with van der Waals surface area (Å²) in [6.07, 6.45) is 2.17. The van der Waals surface area contributed by atoms with Gasteiger partial charge in [0.2, 0.25) is 0 Å². The van der Waals surface area contributed by atoms with E-state index in [-0.39, 0.29) is 36.2 Å². The molecule has 0 radical (unpaired) electrons. The van der Waals surface area contributed by atoms with E-state index in [4.69, 9.17) is 14.5 Å². The Morgan fingerprint density at radius 2 is 2.09 bits per heavy atom. The van der Waals surface area contributed by atoms with Crippen molar-refractivity contribution < 1.29 is 9.47 Å². The van der Waals surface area contributed by atoms with Gasteiger partial charge in [0.1, 0.15) is 17.7 Å². The number of rotatable bonds is 8. The first-order valence-corrected chi connectivity index (χ1v) is 11.1. The number of ether oxygens (including phenoxy) is 2. The quantitative estimate of drug-likeness (QED) is 0.295. The smallest absolute Gasteiger partial charge is 0.191 e. The first-order chi connectivity index (χ1) is 15.0. The van der Waals surface area contributed by atoms with Crippen LogP contribution in [0.3, 0.4) is 0 Å². The Balaban J connectivity index is 0.00000363. The third-order valence-corrected chi connectivity index (χ3v) is 5.12. The number of benzene rings is 1. The van der Waals surface area contributed by atoms with Crippen molar-refractivity contribution in [1.82, 2.24) is 15.6 Å². The molecule has 0 spiro atoms. The summed E-state index contributed by atoms with van der Waals surface area (Å²) in [5.74, 6) is 2.68. The van der Waals surface area contributed by atoms with Gasteiger partial charge in [0.25, 0.3) is 0 Å². The highest BCUT2D eigenvalue weighted by atomic mass is 127. The average Bonchev–Trinajstić information content (AvgIpc) is 2.77. The molecule has 1 aliphatic rings. The molecule has 0 bridgehead atoms. The molecule has 7 nitrogen and oxygen atoms in total. The molecule has 2 N–H and O–H groups in total. The van der Waals surface area contributed by atoms with Crippen molar-refractivity contribution in [1.29, 1.82) is 0 Å². The van der Waals surface area contributed by atoms with E-state index in [2.05, 4.69) is 66.4 Å².